The Kier molecular flexibility index (Phi) is 3.88. The van der Waals surface area contributed by atoms with Gasteiger partial charge in [0.15, 0.2) is 5.69 Å². The normalized spacial score (nSPS) is 18.9. The first-order valence-electron chi connectivity index (χ1n) is 6.51. The van der Waals surface area contributed by atoms with E-state index >= 15 is 0 Å². The van der Waals surface area contributed by atoms with E-state index in [-0.39, 0.29) is 23.8 Å². The summed E-state index contributed by atoms with van der Waals surface area (Å²) in [6, 6.07) is -0.672. The summed E-state index contributed by atoms with van der Waals surface area (Å²) in [4.78, 5) is 44.1. The molecule has 0 spiro atoms. The number of amides is 2. The van der Waals surface area contributed by atoms with Crippen LogP contribution >= 0.6 is 0 Å². The Bertz CT molecular complexity index is 614. The van der Waals surface area contributed by atoms with Crippen LogP contribution in [-0.4, -0.2) is 45.4 Å². The van der Waals surface area contributed by atoms with Crippen LogP contribution in [-0.2, 0) is 9.59 Å². The quantitative estimate of drug-likeness (QED) is 0.762. The second-order valence-corrected chi connectivity index (χ2v) is 5.14. The highest BCUT2D eigenvalue weighted by molar-refractivity contribution is 6.05. The largest absolute Gasteiger partial charge is 0.476 e. The molecule has 2 rings (SSSR count). The molecule has 112 valence electrons. The Hall–Kier alpha value is -2.51. The van der Waals surface area contributed by atoms with E-state index in [2.05, 4.69) is 15.3 Å². The number of piperazine rings is 1. The summed E-state index contributed by atoms with van der Waals surface area (Å²) < 4.78 is 0. The Balaban J connectivity index is 2.49. The maximum Gasteiger partial charge on any atom is 0.356 e. The molecule has 1 aromatic rings. The van der Waals surface area contributed by atoms with Crippen molar-refractivity contribution in [3.05, 3.63) is 17.7 Å². The summed E-state index contributed by atoms with van der Waals surface area (Å²) >= 11 is 0. The molecule has 2 heterocycles. The second-order valence-electron chi connectivity index (χ2n) is 5.14. The SMILES string of the molecule is CC(C)c1ncc(N2CC(=O)NC(=O)C2C)c(C(=O)O)n1. The summed E-state index contributed by atoms with van der Waals surface area (Å²) in [5.74, 6) is -1.81. The van der Waals surface area contributed by atoms with Crippen molar-refractivity contribution in [1.82, 2.24) is 15.3 Å². The van der Waals surface area contributed by atoms with Crippen molar-refractivity contribution in [1.29, 1.82) is 0 Å². The number of aromatic carboxylic acids is 1. The van der Waals surface area contributed by atoms with Crippen molar-refractivity contribution in [2.24, 2.45) is 0 Å². The number of nitrogens with zero attached hydrogens (tertiary/aromatic N) is 3. The number of carbonyl (C=O) groups is 3. The van der Waals surface area contributed by atoms with Crippen LogP contribution in [0.3, 0.4) is 0 Å². The number of anilines is 1. The van der Waals surface area contributed by atoms with Gasteiger partial charge in [0.05, 0.1) is 18.4 Å². The second kappa shape index (κ2) is 5.47. The fourth-order valence-electron chi connectivity index (χ4n) is 2.04. The lowest BCUT2D eigenvalue weighted by Crippen LogP contribution is -2.57. The number of hydrogen-bond donors (Lipinski definition) is 2. The minimum absolute atomic E-state index is 0.0270. The molecule has 1 aliphatic rings. The summed E-state index contributed by atoms with van der Waals surface area (Å²) in [5.41, 5.74) is -0.0364. The Morgan fingerprint density at radius 2 is 2.14 bits per heavy atom. The van der Waals surface area contributed by atoms with E-state index in [9.17, 15) is 19.5 Å². The number of hydrogen-bond acceptors (Lipinski definition) is 6. The predicted octanol–water partition coefficient (Wildman–Crippen LogP) is 0.150. The lowest BCUT2D eigenvalue weighted by Gasteiger charge is -2.33. The van der Waals surface area contributed by atoms with Gasteiger partial charge in [-0.05, 0) is 6.92 Å². The van der Waals surface area contributed by atoms with Crippen LogP contribution in [0.1, 0.15) is 43.0 Å². The number of aromatic nitrogens is 2. The van der Waals surface area contributed by atoms with E-state index in [1.54, 1.807) is 6.92 Å². The molecule has 0 aliphatic carbocycles. The Morgan fingerprint density at radius 1 is 1.48 bits per heavy atom. The fraction of sp³-hybridized carbons (Fsp3) is 0.462. The number of nitrogens with one attached hydrogen (secondary N) is 1. The van der Waals surface area contributed by atoms with Crippen molar-refractivity contribution in [3.63, 3.8) is 0 Å². The third-order valence-electron chi connectivity index (χ3n) is 3.24. The van der Waals surface area contributed by atoms with E-state index in [0.29, 0.717) is 5.82 Å². The van der Waals surface area contributed by atoms with E-state index in [1.807, 2.05) is 13.8 Å². The molecule has 0 radical (unpaired) electrons. The first-order valence-corrected chi connectivity index (χ1v) is 6.51. The highest BCUT2D eigenvalue weighted by atomic mass is 16.4. The molecule has 0 bridgehead atoms. The van der Waals surface area contributed by atoms with Crippen LogP contribution in [0.2, 0.25) is 0 Å². The third kappa shape index (κ3) is 2.83. The molecule has 1 unspecified atom stereocenters. The average Bonchev–Trinajstić information content (AvgIpc) is 2.42. The zero-order valence-corrected chi connectivity index (χ0v) is 12.0. The highest BCUT2D eigenvalue weighted by Crippen LogP contribution is 2.23. The molecule has 1 atom stereocenters. The zero-order valence-electron chi connectivity index (χ0n) is 12.0. The number of carbonyl (C=O) groups excluding carboxylic acids is 2. The molecule has 8 nitrogen and oxygen atoms in total. The fourth-order valence-corrected chi connectivity index (χ4v) is 2.04. The molecule has 1 fully saturated rings. The van der Waals surface area contributed by atoms with Crippen molar-refractivity contribution in [3.8, 4) is 0 Å². The van der Waals surface area contributed by atoms with E-state index < -0.39 is 23.8 Å². The molecule has 8 heteroatoms. The molecule has 2 amide bonds. The van der Waals surface area contributed by atoms with Crippen molar-refractivity contribution < 1.29 is 19.5 Å². The van der Waals surface area contributed by atoms with E-state index in [1.165, 1.54) is 11.1 Å². The van der Waals surface area contributed by atoms with Gasteiger partial charge in [-0.3, -0.25) is 14.9 Å². The Morgan fingerprint density at radius 3 is 2.71 bits per heavy atom. The van der Waals surface area contributed by atoms with Crippen LogP contribution in [0.25, 0.3) is 0 Å². The van der Waals surface area contributed by atoms with Gasteiger partial charge in [0.2, 0.25) is 11.8 Å². The van der Waals surface area contributed by atoms with Crippen LogP contribution in [0.5, 0.6) is 0 Å². The number of carboxylic acids is 1. The molecule has 2 N–H and O–H groups in total. The Labute approximate surface area is 121 Å². The van der Waals surface area contributed by atoms with Gasteiger partial charge in [0.1, 0.15) is 11.9 Å². The average molecular weight is 292 g/mol. The summed E-state index contributed by atoms with van der Waals surface area (Å²) in [7, 11) is 0. The first kappa shape index (κ1) is 14.9. The van der Waals surface area contributed by atoms with Crippen molar-refractivity contribution in [2.75, 3.05) is 11.4 Å². The van der Waals surface area contributed by atoms with E-state index in [4.69, 9.17) is 0 Å². The molecule has 1 aliphatic heterocycles. The summed E-state index contributed by atoms with van der Waals surface area (Å²) in [5, 5.41) is 11.5. The summed E-state index contributed by atoms with van der Waals surface area (Å²) in [6.45, 7) is 5.17. The molecule has 21 heavy (non-hydrogen) atoms. The zero-order chi connectivity index (χ0) is 15.7. The van der Waals surface area contributed by atoms with Gasteiger partial charge >= 0.3 is 5.97 Å². The number of imide groups is 1. The lowest BCUT2D eigenvalue weighted by molar-refractivity contribution is -0.132. The first-order chi connectivity index (χ1) is 9.81. The van der Waals surface area contributed by atoms with Gasteiger partial charge < -0.3 is 10.0 Å². The lowest BCUT2D eigenvalue weighted by atomic mass is 10.1. The van der Waals surface area contributed by atoms with Crippen LogP contribution in [0.15, 0.2) is 6.20 Å². The molecular formula is C13H16N4O4. The van der Waals surface area contributed by atoms with Gasteiger partial charge in [-0.15, -0.1) is 0 Å². The van der Waals surface area contributed by atoms with Gasteiger partial charge in [-0.25, -0.2) is 14.8 Å². The monoisotopic (exact) mass is 292 g/mol. The molecular weight excluding hydrogens is 276 g/mol. The van der Waals surface area contributed by atoms with Gasteiger partial charge in [-0.2, -0.15) is 0 Å². The maximum atomic E-state index is 11.7. The van der Waals surface area contributed by atoms with Crippen molar-refractivity contribution >= 4 is 23.5 Å². The maximum absolute atomic E-state index is 11.7. The standard InChI is InChI=1S/C13H16N4O4/c1-6(2)11-14-4-8(10(16-11)13(20)21)17-5-9(18)15-12(19)7(17)3/h4,6-7H,5H2,1-3H3,(H,20,21)(H,15,18,19). The topological polar surface area (TPSA) is 112 Å². The van der Waals surface area contributed by atoms with Gasteiger partial charge in [-0.1, -0.05) is 13.8 Å². The third-order valence-corrected chi connectivity index (χ3v) is 3.24. The molecule has 0 saturated carbocycles. The van der Waals surface area contributed by atoms with Crippen LogP contribution in [0, 0.1) is 0 Å². The minimum atomic E-state index is -1.22. The smallest absolute Gasteiger partial charge is 0.356 e. The number of carboxylic acid groups (broad SMARTS) is 1. The van der Waals surface area contributed by atoms with E-state index in [0.717, 1.165) is 0 Å². The molecule has 1 aromatic heterocycles. The summed E-state index contributed by atoms with van der Waals surface area (Å²) in [6.07, 6.45) is 1.36. The van der Waals surface area contributed by atoms with Crippen LogP contribution in [0.4, 0.5) is 5.69 Å². The predicted molar refractivity (Wildman–Crippen MR) is 73.0 cm³/mol. The highest BCUT2D eigenvalue weighted by Gasteiger charge is 2.33. The van der Waals surface area contributed by atoms with Gasteiger partial charge in [0, 0.05) is 5.92 Å². The van der Waals surface area contributed by atoms with Gasteiger partial charge in [0.25, 0.3) is 0 Å². The number of rotatable bonds is 3. The molecule has 0 aromatic carbocycles. The molecule has 1 saturated heterocycles. The van der Waals surface area contributed by atoms with Crippen molar-refractivity contribution in [2.45, 2.75) is 32.7 Å². The minimum Gasteiger partial charge on any atom is -0.476 e. The van der Waals surface area contributed by atoms with Crippen LogP contribution < -0.4 is 10.2 Å².